The van der Waals surface area contributed by atoms with Crippen molar-refractivity contribution < 1.29 is 23.0 Å². The summed E-state index contributed by atoms with van der Waals surface area (Å²) in [6, 6.07) is 9.58. The molecule has 2 N–H and O–H groups in total. The van der Waals surface area contributed by atoms with E-state index < -0.39 is 11.6 Å². The molecule has 3 rings (SSSR count). The highest BCUT2D eigenvalue weighted by Gasteiger charge is 2.18. The molecule has 8 heteroatoms. The summed E-state index contributed by atoms with van der Waals surface area (Å²) in [6.07, 6.45) is 0.253. The van der Waals surface area contributed by atoms with E-state index in [1.54, 1.807) is 24.3 Å². The zero-order valence-electron chi connectivity index (χ0n) is 13.8. The van der Waals surface area contributed by atoms with Crippen LogP contribution in [0.2, 0.25) is 0 Å². The Balaban J connectivity index is 0.00000243. The minimum atomic E-state index is -0.736. The van der Waals surface area contributed by atoms with E-state index in [-0.39, 0.29) is 36.5 Å². The molecule has 1 aliphatic rings. The Morgan fingerprint density at radius 1 is 1.23 bits per heavy atom. The van der Waals surface area contributed by atoms with Gasteiger partial charge in [0.15, 0.2) is 5.75 Å². The smallest absolute Gasteiger partial charge is 0.226 e. The maximum Gasteiger partial charge on any atom is 0.226 e. The summed E-state index contributed by atoms with van der Waals surface area (Å²) in [5.41, 5.74) is 0.425. The highest BCUT2D eigenvalue weighted by atomic mass is 35.5. The van der Waals surface area contributed by atoms with E-state index in [4.69, 9.17) is 9.47 Å². The molecule has 0 aliphatic carbocycles. The van der Waals surface area contributed by atoms with Crippen molar-refractivity contribution in [3.63, 3.8) is 0 Å². The Kier molecular flexibility index (Phi) is 7.32. The molecule has 5 nitrogen and oxygen atoms in total. The number of benzene rings is 2. The number of carbonyl (C=O) groups is 1. The van der Waals surface area contributed by atoms with Crippen LogP contribution >= 0.6 is 12.4 Å². The molecule has 1 amide bonds. The van der Waals surface area contributed by atoms with Gasteiger partial charge in [0, 0.05) is 37.2 Å². The van der Waals surface area contributed by atoms with E-state index in [2.05, 4.69) is 10.6 Å². The first-order valence-electron chi connectivity index (χ1n) is 7.94. The monoisotopic (exact) mass is 384 g/mol. The molecule has 140 valence electrons. The molecule has 1 saturated heterocycles. The minimum Gasteiger partial charge on any atom is -0.455 e. The molecule has 0 bridgehead atoms. The number of ether oxygens (including phenoxy) is 2. The largest absolute Gasteiger partial charge is 0.455 e. The summed E-state index contributed by atoms with van der Waals surface area (Å²) in [5, 5.41) is 5.96. The Morgan fingerprint density at radius 3 is 2.65 bits per heavy atom. The van der Waals surface area contributed by atoms with Crippen LogP contribution in [-0.4, -0.2) is 31.7 Å². The number of nitrogens with one attached hydrogen (secondary N) is 2. The van der Waals surface area contributed by atoms with Gasteiger partial charge in [0.2, 0.25) is 5.91 Å². The number of halogens is 3. The number of hydrogen-bond acceptors (Lipinski definition) is 4. The van der Waals surface area contributed by atoms with Crippen molar-refractivity contribution in [2.75, 3.05) is 25.1 Å². The van der Waals surface area contributed by atoms with Gasteiger partial charge in [-0.3, -0.25) is 4.79 Å². The van der Waals surface area contributed by atoms with Gasteiger partial charge in [-0.25, -0.2) is 8.78 Å². The standard InChI is InChI=1S/C18H18F2N2O3.ClH/c19-12-7-13(20)9-15(8-12)25-17-4-2-1-3-16(17)22-18(23)10-14-11-24-6-5-21-14;/h1-4,7-9,14,21H,5-6,10-11H2,(H,22,23);1H. The molecule has 0 saturated carbocycles. The number of rotatable bonds is 5. The van der Waals surface area contributed by atoms with Crippen LogP contribution in [0.15, 0.2) is 42.5 Å². The first-order chi connectivity index (χ1) is 12.1. The zero-order valence-corrected chi connectivity index (χ0v) is 14.7. The van der Waals surface area contributed by atoms with Crippen LogP contribution < -0.4 is 15.4 Å². The van der Waals surface area contributed by atoms with Gasteiger partial charge in [-0.1, -0.05) is 12.1 Å². The molecule has 1 heterocycles. The topological polar surface area (TPSA) is 59.6 Å². The predicted molar refractivity (Wildman–Crippen MR) is 96.0 cm³/mol. The van der Waals surface area contributed by atoms with Crippen LogP contribution in [0.4, 0.5) is 14.5 Å². The zero-order chi connectivity index (χ0) is 17.6. The second-order valence-electron chi connectivity index (χ2n) is 5.68. The molecule has 1 unspecified atom stereocenters. The second-order valence-corrected chi connectivity index (χ2v) is 5.68. The van der Waals surface area contributed by atoms with Crippen LogP contribution in [0.5, 0.6) is 11.5 Å². The summed E-state index contributed by atoms with van der Waals surface area (Å²) >= 11 is 0. The predicted octanol–water partition coefficient (Wildman–Crippen LogP) is 3.50. The third-order valence-corrected chi connectivity index (χ3v) is 3.66. The third-order valence-electron chi connectivity index (χ3n) is 3.66. The lowest BCUT2D eigenvalue weighted by Crippen LogP contribution is -2.43. The third kappa shape index (κ3) is 5.66. The Labute approximate surface area is 156 Å². The van der Waals surface area contributed by atoms with Crippen LogP contribution in [0, 0.1) is 11.6 Å². The number of amides is 1. The van der Waals surface area contributed by atoms with Crippen molar-refractivity contribution in [3.8, 4) is 11.5 Å². The van der Waals surface area contributed by atoms with Crippen molar-refractivity contribution in [2.45, 2.75) is 12.5 Å². The van der Waals surface area contributed by atoms with Crippen molar-refractivity contribution in [1.82, 2.24) is 5.32 Å². The number of anilines is 1. The molecule has 1 atom stereocenters. The first kappa shape index (κ1) is 20.1. The fourth-order valence-electron chi connectivity index (χ4n) is 2.55. The molecular formula is C18H19ClF2N2O3. The molecule has 2 aromatic rings. The second kappa shape index (κ2) is 9.47. The highest BCUT2D eigenvalue weighted by molar-refractivity contribution is 5.92. The Hall–Kier alpha value is -2.22. The summed E-state index contributed by atoms with van der Waals surface area (Å²) in [5.74, 6) is -1.36. The molecule has 1 aliphatic heterocycles. The Bertz CT molecular complexity index is 735. The average molecular weight is 385 g/mol. The highest BCUT2D eigenvalue weighted by Crippen LogP contribution is 2.30. The van der Waals surface area contributed by atoms with Crippen LogP contribution in [0.1, 0.15) is 6.42 Å². The maximum absolute atomic E-state index is 13.3. The van der Waals surface area contributed by atoms with Gasteiger partial charge < -0.3 is 20.1 Å². The summed E-state index contributed by atoms with van der Waals surface area (Å²) in [6.45, 7) is 1.83. The minimum absolute atomic E-state index is 0. The lowest BCUT2D eigenvalue weighted by Gasteiger charge is -2.23. The lowest BCUT2D eigenvalue weighted by atomic mass is 10.2. The van der Waals surface area contributed by atoms with E-state index in [1.807, 2.05) is 0 Å². The maximum atomic E-state index is 13.3. The van der Waals surface area contributed by atoms with Crippen molar-refractivity contribution in [1.29, 1.82) is 0 Å². The number of carbonyl (C=O) groups excluding carboxylic acids is 1. The molecular weight excluding hydrogens is 366 g/mol. The lowest BCUT2D eigenvalue weighted by molar-refractivity contribution is -0.117. The molecule has 0 radical (unpaired) electrons. The molecule has 0 spiro atoms. The van der Waals surface area contributed by atoms with E-state index in [0.717, 1.165) is 18.2 Å². The van der Waals surface area contributed by atoms with E-state index >= 15 is 0 Å². The average Bonchev–Trinajstić information content (AvgIpc) is 2.56. The molecule has 1 fully saturated rings. The van der Waals surface area contributed by atoms with Crippen molar-refractivity contribution >= 4 is 24.0 Å². The van der Waals surface area contributed by atoms with Crippen LogP contribution in [0.25, 0.3) is 0 Å². The fraction of sp³-hybridized carbons (Fsp3) is 0.278. The molecule has 0 aromatic heterocycles. The summed E-state index contributed by atoms with van der Waals surface area (Å²) in [4.78, 5) is 12.2. The number of para-hydroxylation sites is 2. The molecule has 26 heavy (non-hydrogen) atoms. The Morgan fingerprint density at radius 2 is 1.96 bits per heavy atom. The van der Waals surface area contributed by atoms with E-state index in [9.17, 15) is 13.6 Å². The van der Waals surface area contributed by atoms with Crippen molar-refractivity contribution in [2.24, 2.45) is 0 Å². The van der Waals surface area contributed by atoms with Gasteiger partial charge in [0.25, 0.3) is 0 Å². The summed E-state index contributed by atoms with van der Waals surface area (Å²) in [7, 11) is 0. The van der Waals surface area contributed by atoms with Gasteiger partial charge in [-0.2, -0.15) is 0 Å². The van der Waals surface area contributed by atoms with Gasteiger partial charge in [-0.05, 0) is 12.1 Å². The SMILES string of the molecule is Cl.O=C(CC1COCCN1)Nc1ccccc1Oc1cc(F)cc(F)c1. The van der Waals surface area contributed by atoms with Gasteiger partial charge in [0.05, 0.1) is 18.9 Å². The van der Waals surface area contributed by atoms with Gasteiger partial charge in [0.1, 0.15) is 17.4 Å². The molecule has 2 aromatic carbocycles. The number of morpholine rings is 1. The van der Waals surface area contributed by atoms with E-state index in [1.165, 1.54) is 0 Å². The first-order valence-corrected chi connectivity index (χ1v) is 7.94. The fourth-order valence-corrected chi connectivity index (χ4v) is 2.55. The van der Waals surface area contributed by atoms with Crippen molar-refractivity contribution in [3.05, 3.63) is 54.1 Å². The normalized spacial score (nSPS) is 16.5. The quantitative estimate of drug-likeness (QED) is 0.828. The van der Waals surface area contributed by atoms with Crippen LogP contribution in [0.3, 0.4) is 0 Å². The number of hydrogen-bond donors (Lipinski definition) is 2. The van der Waals surface area contributed by atoms with Gasteiger partial charge in [-0.15, -0.1) is 12.4 Å². The summed E-state index contributed by atoms with van der Waals surface area (Å²) < 4.78 is 37.4. The van der Waals surface area contributed by atoms with E-state index in [0.29, 0.717) is 31.2 Å². The van der Waals surface area contributed by atoms with Gasteiger partial charge >= 0.3 is 0 Å². The van der Waals surface area contributed by atoms with Crippen LogP contribution in [-0.2, 0) is 9.53 Å².